The van der Waals surface area contributed by atoms with Crippen LogP contribution in [0.3, 0.4) is 0 Å². The molecule has 0 bridgehead atoms. The van der Waals surface area contributed by atoms with Crippen LogP contribution >= 0.6 is 0 Å². The number of hydrogen-bond donors (Lipinski definition) is 1. The summed E-state index contributed by atoms with van der Waals surface area (Å²) in [5.74, 6) is -0.206. The molecule has 0 aromatic rings. The Morgan fingerprint density at radius 3 is 2.84 bits per heavy atom. The van der Waals surface area contributed by atoms with Crippen LogP contribution in [0.25, 0.3) is 0 Å². The summed E-state index contributed by atoms with van der Waals surface area (Å²) in [7, 11) is 3.24. The fraction of sp³-hybridized carbons (Fsp3) is 0.929. The first kappa shape index (κ1) is 16.4. The van der Waals surface area contributed by atoms with Gasteiger partial charge in [0, 0.05) is 19.1 Å². The van der Waals surface area contributed by atoms with Crippen molar-refractivity contribution >= 4 is 5.97 Å². The van der Waals surface area contributed by atoms with Crippen LogP contribution in [-0.2, 0) is 14.3 Å². The highest BCUT2D eigenvalue weighted by atomic mass is 16.5. The maximum absolute atomic E-state index is 11.9. The number of carbonyl (C=O) groups excluding carboxylic acids is 1. The summed E-state index contributed by atoms with van der Waals surface area (Å²) in [6.07, 6.45) is 2.08. The van der Waals surface area contributed by atoms with Crippen molar-refractivity contribution in [3.63, 3.8) is 0 Å². The van der Waals surface area contributed by atoms with Crippen molar-refractivity contribution in [3.8, 4) is 0 Å². The van der Waals surface area contributed by atoms with E-state index in [4.69, 9.17) is 9.47 Å². The highest BCUT2D eigenvalue weighted by molar-refractivity contribution is 5.80. The Morgan fingerprint density at radius 2 is 2.32 bits per heavy atom. The molecular formula is C14H28N2O3. The molecule has 0 radical (unpaired) electrons. The Kier molecular flexibility index (Phi) is 6.23. The molecule has 0 aliphatic carbocycles. The summed E-state index contributed by atoms with van der Waals surface area (Å²) in [5.41, 5.74) is -0.631. The van der Waals surface area contributed by atoms with Gasteiger partial charge in [0.1, 0.15) is 5.54 Å². The number of rotatable bonds is 6. The second-order valence-corrected chi connectivity index (χ2v) is 5.52. The van der Waals surface area contributed by atoms with Gasteiger partial charge < -0.3 is 14.8 Å². The van der Waals surface area contributed by atoms with E-state index < -0.39 is 5.54 Å². The normalized spacial score (nSPS) is 25.6. The van der Waals surface area contributed by atoms with Crippen LogP contribution in [0.5, 0.6) is 0 Å². The highest BCUT2D eigenvalue weighted by Crippen LogP contribution is 2.20. The summed E-state index contributed by atoms with van der Waals surface area (Å²) in [4.78, 5) is 14.3. The standard InChI is InChI=1S/C14H28N2O3/c1-6-12-10-16(7-8-19-12)11(2)9-14(3,15-4)13(17)18-5/h11-12,15H,6-10H2,1-5H3. The maximum Gasteiger partial charge on any atom is 0.325 e. The van der Waals surface area contributed by atoms with Crippen LogP contribution in [0.15, 0.2) is 0 Å². The van der Waals surface area contributed by atoms with E-state index in [9.17, 15) is 4.79 Å². The summed E-state index contributed by atoms with van der Waals surface area (Å²) in [6.45, 7) is 8.85. The first-order valence-corrected chi connectivity index (χ1v) is 7.09. The van der Waals surface area contributed by atoms with Crippen molar-refractivity contribution in [2.75, 3.05) is 33.9 Å². The number of morpholine rings is 1. The molecule has 5 heteroatoms. The highest BCUT2D eigenvalue weighted by Gasteiger charge is 2.36. The van der Waals surface area contributed by atoms with Crippen molar-refractivity contribution in [1.29, 1.82) is 0 Å². The fourth-order valence-corrected chi connectivity index (χ4v) is 2.62. The number of ether oxygens (including phenoxy) is 2. The van der Waals surface area contributed by atoms with Crippen molar-refractivity contribution < 1.29 is 14.3 Å². The van der Waals surface area contributed by atoms with E-state index in [1.807, 2.05) is 6.92 Å². The molecule has 1 heterocycles. The van der Waals surface area contributed by atoms with Gasteiger partial charge in [-0.25, -0.2) is 0 Å². The molecular weight excluding hydrogens is 244 g/mol. The number of methoxy groups -OCH3 is 1. The van der Waals surface area contributed by atoms with Gasteiger partial charge in [-0.2, -0.15) is 0 Å². The Morgan fingerprint density at radius 1 is 1.63 bits per heavy atom. The molecule has 1 N–H and O–H groups in total. The van der Waals surface area contributed by atoms with Gasteiger partial charge in [0.15, 0.2) is 0 Å². The fourth-order valence-electron chi connectivity index (χ4n) is 2.62. The van der Waals surface area contributed by atoms with Crippen LogP contribution in [0, 0.1) is 0 Å². The molecule has 1 rings (SSSR count). The van der Waals surface area contributed by atoms with Gasteiger partial charge in [0.2, 0.25) is 0 Å². The molecule has 0 saturated carbocycles. The Balaban J connectivity index is 2.61. The summed E-state index contributed by atoms with van der Waals surface area (Å²) < 4.78 is 10.6. The lowest BCUT2D eigenvalue weighted by Gasteiger charge is -2.39. The first-order valence-electron chi connectivity index (χ1n) is 7.09. The summed E-state index contributed by atoms with van der Waals surface area (Å²) in [6, 6.07) is 0.314. The number of carbonyl (C=O) groups is 1. The average molecular weight is 272 g/mol. The van der Waals surface area contributed by atoms with E-state index in [-0.39, 0.29) is 5.97 Å². The van der Waals surface area contributed by atoms with E-state index in [0.717, 1.165) is 32.5 Å². The number of nitrogens with zero attached hydrogens (tertiary/aromatic N) is 1. The molecule has 0 amide bonds. The molecule has 3 unspecified atom stereocenters. The monoisotopic (exact) mass is 272 g/mol. The topological polar surface area (TPSA) is 50.8 Å². The lowest BCUT2D eigenvalue weighted by molar-refractivity contribution is -0.148. The summed E-state index contributed by atoms with van der Waals surface area (Å²) >= 11 is 0. The molecule has 19 heavy (non-hydrogen) atoms. The van der Waals surface area contributed by atoms with Crippen LogP contribution in [-0.4, -0.2) is 62.4 Å². The maximum atomic E-state index is 11.9. The Labute approximate surface area is 116 Å². The molecule has 3 atom stereocenters. The zero-order chi connectivity index (χ0) is 14.5. The predicted molar refractivity (Wildman–Crippen MR) is 75.2 cm³/mol. The zero-order valence-electron chi connectivity index (χ0n) is 12.9. The van der Waals surface area contributed by atoms with Crippen molar-refractivity contribution in [3.05, 3.63) is 0 Å². The third-order valence-electron chi connectivity index (χ3n) is 4.14. The van der Waals surface area contributed by atoms with Crippen molar-refractivity contribution in [2.24, 2.45) is 0 Å². The zero-order valence-corrected chi connectivity index (χ0v) is 12.9. The van der Waals surface area contributed by atoms with Crippen LogP contribution in [0.4, 0.5) is 0 Å². The van der Waals surface area contributed by atoms with E-state index in [1.165, 1.54) is 7.11 Å². The Hall–Kier alpha value is -0.650. The molecule has 0 aromatic carbocycles. The van der Waals surface area contributed by atoms with Crippen molar-refractivity contribution in [1.82, 2.24) is 10.2 Å². The molecule has 5 nitrogen and oxygen atoms in total. The van der Waals surface area contributed by atoms with Gasteiger partial charge >= 0.3 is 5.97 Å². The van der Waals surface area contributed by atoms with Gasteiger partial charge in [-0.1, -0.05) is 6.92 Å². The van der Waals surface area contributed by atoms with E-state index in [0.29, 0.717) is 12.1 Å². The van der Waals surface area contributed by atoms with Gasteiger partial charge in [-0.05, 0) is 33.7 Å². The second kappa shape index (κ2) is 7.22. The van der Waals surface area contributed by atoms with Crippen LogP contribution < -0.4 is 5.32 Å². The van der Waals surface area contributed by atoms with Gasteiger partial charge in [-0.15, -0.1) is 0 Å². The molecule has 1 aliphatic rings. The molecule has 112 valence electrons. The molecule has 1 saturated heterocycles. The van der Waals surface area contributed by atoms with Gasteiger partial charge in [0.25, 0.3) is 0 Å². The van der Waals surface area contributed by atoms with E-state index >= 15 is 0 Å². The van der Waals surface area contributed by atoms with Gasteiger partial charge in [0.05, 0.1) is 19.8 Å². The first-order chi connectivity index (χ1) is 8.96. The number of nitrogens with one attached hydrogen (secondary N) is 1. The molecule has 1 fully saturated rings. The number of likely N-dealkylation sites (N-methyl/N-ethyl adjacent to an activating group) is 1. The van der Waals surface area contributed by atoms with Crippen LogP contribution in [0.1, 0.15) is 33.6 Å². The Bertz CT molecular complexity index is 298. The van der Waals surface area contributed by atoms with Crippen LogP contribution in [0.2, 0.25) is 0 Å². The van der Waals surface area contributed by atoms with E-state index in [1.54, 1.807) is 7.05 Å². The second-order valence-electron chi connectivity index (χ2n) is 5.52. The smallest absolute Gasteiger partial charge is 0.325 e. The lowest BCUT2D eigenvalue weighted by Crippen LogP contribution is -2.54. The minimum atomic E-state index is -0.631. The van der Waals surface area contributed by atoms with E-state index in [2.05, 4.69) is 24.1 Å². The van der Waals surface area contributed by atoms with Crippen molar-refractivity contribution in [2.45, 2.75) is 51.3 Å². The van der Waals surface area contributed by atoms with Gasteiger partial charge in [-0.3, -0.25) is 9.69 Å². The average Bonchev–Trinajstić information content (AvgIpc) is 2.46. The largest absolute Gasteiger partial charge is 0.468 e. The minimum absolute atomic E-state index is 0.206. The lowest BCUT2D eigenvalue weighted by atomic mass is 9.92. The quantitative estimate of drug-likeness (QED) is 0.732. The third-order valence-corrected chi connectivity index (χ3v) is 4.14. The SMILES string of the molecule is CCC1CN(C(C)CC(C)(NC)C(=O)OC)CCO1. The molecule has 0 aromatic heterocycles. The predicted octanol–water partition coefficient (Wildman–Crippen LogP) is 1.03. The number of hydrogen-bond acceptors (Lipinski definition) is 5. The minimum Gasteiger partial charge on any atom is -0.468 e. The third kappa shape index (κ3) is 4.16. The number of esters is 1. The molecule has 0 spiro atoms. The molecule has 1 aliphatic heterocycles. The summed E-state index contributed by atoms with van der Waals surface area (Å²) in [5, 5.41) is 3.09.